The zero-order valence-electron chi connectivity index (χ0n) is 12.6. The van der Waals surface area contributed by atoms with Crippen LogP contribution in [0, 0.1) is 5.82 Å². The Morgan fingerprint density at radius 3 is 2.95 bits per heavy atom. The molecule has 0 aromatic heterocycles. The first-order valence-corrected chi connectivity index (χ1v) is 8.06. The van der Waals surface area contributed by atoms with Crippen LogP contribution < -0.4 is 11.1 Å². The van der Waals surface area contributed by atoms with Crippen molar-refractivity contribution in [1.29, 1.82) is 0 Å². The molecule has 1 fully saturated rings. The van der Waals surface area contributed by atoms with Crippen LogP contribution in [0.15, 0.2) is 18.2 Å². The molecule has 0 saturated carbocycles. The monoisotopic (exact) mass is 309 g/mol. The summed E-state index contributed by atoms with van der Waals surface area (Å²) in [6, 6.07) is 5.52. The molecule has 116 valence electrons. The first-order valence-electron chi connectivity index (χ1n) is 7.65. The Morgan fingerprint density at radius 2 is 2.29 bits per heavy atom. The number of rotatable bonds is 6. The van der Waals surface area contributed by atoms with Crippen molar-refractivity contribution in [1.82, 2.24) is 4.90 Å². The normalized spacial score (nSPS) is 19.4. The maximum Gasteiger partial charge on any atom is 0.146 e. The Morgan fingerprint density at radius 1 is 1.48 bits per heavy atom. The van der Waals surface area contributed by atoms with Crippen molar-refractivity contribution < 1.29 is 4.39 Å². The van der Waals surface area contributed by atoms with Gasteiger partial charge < -0.3 is 16.0 Å². The van der Waals surface area contributed by atoms with Gasteiger partial charge in [0, 0.05) is 24.7 Å². The molecule has 1 aliphatic heterocycles. The second-order valence-electron chi connectivity index (χ2n) is 5.72. The average Bonchev–Trinajstić information content (AvgIpc) is 2.46. The predicted octanol–water partition coefficient (Wildman–Crippen LogP) is 3.14. The number of anilines is 1. The van der Waals surface area contributed by atoms with Gasteiger partial charge in [0.25, 0.3) is 0 Å². The van der Waals surface area contributed by atoms with Gasteiger partial charge in [-0.25, -0.2) is 4.39 Å². The van der Waals surface area contributed by atoms with Gasteiger partial charge in [0.05, 0.1) is 5.69 Å². The molecule has 0 bridgehead atoms. The van der Waals surface area contributed by atoms with Gasteiger partial charge in [0.2, 0.25) is 0 Å². The van der Waals surface area contributed by atoms with Gasteiger partial charge in [0.15, 0.2) is 0 Å². The largest absolute Gasteiger partial charge is 0.389 e. The molecule has 5 heteroatoms. The fourth-order valence-electron chi connectivity index (χ4n) is 2.81. The van der Waals surface area contributed by atoms with Crippen LogP contribution >= 0.6 is 12.2 Å². The molecule has 3 N–H and O–H groups in total. The minimum atomic E-state index is -0.299. The standard InChI is InChI=1S/C16H24FN3S/c1-12-5-2-3-9-20(12)10-4-8-19-15-7-6-13(16(18)21)11-14(15)17/h6-7,11-12,19H,2-5,8-10H2,1H3,(H2,18,21). The van der Waals surface area contributed by atoms with Crippen molar-refractivity contribution in [3.05, 3.63) is 29.6 Å². The van der Waals surface area contributed by atoms with Crippen molar-refractivity contribution >= 4 is 22.9 Å². The van der Waals surface area contributed by atoms with Gasteiger partial charge in [-0.2, -0.15) is 0 Å². The van der Waals surface area contributed by atoms with E-state index in [9.17, 15) is 4.39 Å². The van der Waals surface area contributed by atoms with Gasteiger partial charge in [-0.1, -0.05) is 18.6 Å². The number of nitrogens with one attached hydrogen (secondary N) is 1. The van der Waals surface area contributed by atoms with E-state index in [-0.39, 0.29) is 10.8 Å². The van der Waals surface area contributed by atoms with Crippen molar-refractivity contribution in [3.8, 4) is 0 Å². The number of benzene rings is 1. The molecule has 21 heavy (non-hydrogen) atoms. The SMILES string of the molecule is CC1CCCCN1CCCNc1ccc(C(N)=S)cc1F. The molecule has 1 saturated heterocycles. The summed E-state index contributed by atoms with van der Waals surface area (Å²) in [6.45, 7) is 5.33. The molecule has 0 aliphatic carbocycles. The summed E-state index contributed by atoms with van der Waals surface area (Å²) < 4.78 is 13.9. The van der Waals surface area contributed by atoms with Crippen LogP contribution in [0.1, 0.15) is 38.2 Å². The van der Waals surface area contributed by atoms with Crippen LogP contribution in [0.3, 0.4) is 0 Å². The number of piperidine rings is 1. The highest BCUT2D eigenvalue weighted by molar-refractivity contribution is 7.80. The number of hydrogen-bond acceptors (Lipinski definition) is 3. The molecular formula is C16H24FN3S. The maximum atomic E-state index is 13.9. The molecule has 0 spiro atoms. The van der Waals surface area contributed by atoms with Crippen molar-refractivity contribution in [2.24, 2.45) is 5.73 Å². The fourth-order valence-corrected chi connectivity index (χ4v) is 2.93. The minimum Gasteiger partial charge on any atom is -0.389 e. The number of nitrogens with zero attached hydrogens (tertiary/aromatic N) is 1. The molecule has 1 atom stereocenters. The fraction of sp³-hybridized carbons (Fsp3) is 0.562. The zero-order chi connectivity index (χ0) is 15.2. The van der Waals surface area contributed by atoms with Crippen LogP contribution in [-0.2, 0) is 0 Å². The Labute approximate surface area is 131 Å². The van der Waals surface area contributed by atoms with E-state index in [4.69, 9.17) is 18.0 Å². The smallest absolute Gasteiger partial charge is 0.146 e. The van der Waals surface area contributed by atoms with Crippen LogP contribution in [0.5, 0.6) is 0 Å². The van der Waals surface area contributed by atoms with Crippen LogP contribution in [0.2, 0.25) is 0 Å². The molecule has 2 rings (SSSR count). The third kappa shape index (κ3) is 4.64. The molecule has 1 aromatic carbocycles. The Kier molecular flexibility index (Phi) is 5.94. The van der Waals surface area contributed by atoms with Gasteiger partial charge in [-0.05, 0) is 50.9 Å². The lowest BCUT2D eigenvalue weighted by atomic mass is 10.0. The molecule has 1 aromatic rings. The van der Waals surface area contributed by atoms with Gasteiger partial charge in [-0.15, -0.1) is 0 Å². The summed E-state index contributed by atoms with van der Waals surface area (Å²) in [7, 11) is 0. The third-order valence-electron chi connectivity index (χ3n) is 4.13. The Balaban J connectivity index is 1.77. The number of hydrogen-bond donors (Lipinski definition) is 2. The second-order valence-corrected chi connectivity index (χ2v) is 6.16. The van der Waals surface area contributed by atoms with E-state index in [1.807, 2.05) is 0 Å². The number of halogens is 1. The number of nitrogens with two attached hydrogens (primary N) is 1. The third-order valence-corrected chi connectivity index (χ3v) is 4.37. The average molecular weight is 309 g/mol. The summed E-state index contributed by atoms with van der Waals surface area (Å²) in [5, 5.41) is 3.15. The Bertz CT molecular complexity index is 492. The highest BCUT2D eigenvalue weighted by Gasteiger charge is 2.17. The summed E-state index contributed by atoms with van der Waals surface area (Å²) >= 11 is 4.84. The van der Waals surface area contributed by atoms with Gasteiger partial charge in [0.1, 0.15) is 10.8 Å². The van der Waals surface area contributed by atoms with Crippen molar-refractivity contribution in [3.63, 3.8) is 0 Å². The molecular weight excluding hydrogens is 285 g/mol. The van der Waals surface area contributed by atoms with E-state index < -0.39 is 0 Å². The quantitative estimate of drug-likeness (QED) is 0.626. The second kappa shape index (κ2) is 7.71. The summed E-state index contributed by atoms with van der Waals surface area (Å²) in [4.78, 5) is 2.75. The summed E-state index contributed by atoms with van der Waals surface area (Å²) in [5.41, 5.74) is 6.57. The van der Waals surface area contributed by atoms with Crippen LogP contribution in [-0.4, -0.2) is 35.6 Å². The molecule has 0 radical (unpaired) electrons. The van der Waals surface area contributed by atoms with E-state index in [1.54, 1.807) is 12.1 Å². The Hall–Kier alpha value is -1.20. The van der Waals surface area contributed by atoms with Gasteiger partial charge >= 0.3 is 0 Å². The first kappa shape index (κ1) is 16.2. The van der Waals surface area contributed by atoms with Crippen LogP contribution in [0.4, 0.5) is 10.1 Å². The highest BCUT2D eigenvalue weighted by Crippen LogP contribution is 2.18. The van der Waals surface area contributed by atoms with Gasteiger partial charge in [-0.3, -0.25) is 0 Å². The first-order chi connectivity index (χ1) is 10.1. The van der Waals surface area contributed by atoms with E-state index in [1.165, 1.54) is 31.9 Å². The molecule has 1 unspecified atom stereocenters. The molecule has 1 aliphatic rings. The lowest BCUT2D eigenvalue weighted by molar-refractivity contribution is 0.160. The number of likely N-dealkylation sites (tertiary alicyclic amines) is 1. The number of thiocarbonyl (C=S) groups is 1. The van der Waals surface area contributed by atoms with Crippen molar-refractivity contribution in [2.45, 2.75) is 38.6 Å². The topological polar surface area (TPSA) is 41.3 Å². The molecule has 1 heterocycles. The maximum absolute atomic E-state index is 13.9. The predicted molar refractivity (Wildman–Crippen MR) is 90.3 cm³/mol. The van der Waals surface area contributed by atoms with E-state index in [0.29, 0.717) is 17.3 Å². The minimum absolute atomic E-state index is 0.222. The van der Waals surface area contributed by atoms with Crippen LogP contribution in [0.25, 0.3) is 0 Å². The zero-order valence-corrected chi connectivity index (χ0v) is 13.4. The summed E-state index contributed by atoms with van der Waals surface area (Å²) in [6.07, 6.45) is 4.95. The summed E-state index contributed by atoms with van der Waals surface area (Å²) in [5.74, 6) is -0.299. The van der Waals surface area contributed by atoms with E-state index in [2.05, 4.69) is 17.1 Å². The van der Waals surface area contributed by atoms with E-state index >= 15 is 0 Å². The molecule has 3 nitrogen and oxygen atoms in total. The lowest BCUT2D eigenvalue weighted by Gasteiger charge is -2.33. The van der Waals surface area contributed by atoms with E-state index in [0.717, 1.165) is 19.5 Å². The van der Waals surface area contributed by atoms with Crippen molar-refractivity contribution in [2.75, 3.05) is 25.0 Å². The molecule has 0 amide bonds. The highest BCUT2D eigenvalue weighted by atomic mass is 32.1. The lowest BCUT2D eigenvalue weighted by Crippen LogP contribution is -2.38.